The zero-order valence-corrected chi connectivity index (χ0v) is 9.26. The average molecular weight is 212 g/mol. The zero-order chi connectivity index (χ0) is 9.80. The fourth-order valence-corrected chi connectivity index (χ4v) is 2.36. The van der Waals surface area contributed by atoms with Crippen molar-refractivity contribution in [3.8, 4) is 0 Å². The number of nitrogens with zero attached hydrogens (tertiary/aromatic N) is 3. The van der Waals surface area contributed by atoms with Gasteiger partial charge < -0.3 is 10.2 Å². The second kappa shape index (κ2) is 4.70. The van der Waals surface area contributed by atoms with E-state index in [1.165, 1.54) is 19.3 Å². The normalized spacial score (nSPS) is 22.2. The lowest BCUT2D eigenvalue weighted by molar-refractivity contribution is 0.403. The Balaban J connectivity index is 1.84. The smallest absolute Gasteiger partial charge is 0.207 e. The summed E-state index contributed by atoms with van der Waals surface area (Å²) in [6, 6.07) is 0.623. The van der Waals surface area contributed by atoms with E-state index in [-0.39, 0.29) is 0 Å². The van der Waals surface area contributed by atoms with Crippen molar-refractivity contribution < 1.29 is 0 Å². The van der Waals surface area contributed by atoms with Gasteiger partial charge in [-0.25, -0.2) is 0 Å². The molecule has 0 saturated carbocycles. The Bertz CT molecular complexity index is 256. The number of nitrogens with one attached hydrogen (secondary N) is 1. The van der Waals surface area contributed by atoms with E-state index in [0.717, 1.165) is 18.2 Å². The highest BCUT2D eigenvalue weighted by molar-refractivity contribution is 7.13. The third-order valence-electron chi connectivity index (χ3n) is 2.58. The van der Waals surface area contributed by atoms with E-state index in [1.54, 1.807) is 16.8 Å². The largest absolute Gasteiger partial charge is 0.348 e. The summed E-state index contributed by atoms with van der Waals surface area (Å²) in [6.07, 6.45) is 3.95. The van der Waals surface area contributed by atoms with Gasteiger partial charge in [-0.15, -0.1) is 10.2 Å². The van der Waals surface area contributed by atoms with Crippen LogP contribution in [0.25, 0.3) is 0 Å². The Hall–Kier alpha value is -0.680. The van der Waals surface area contributed by atoms with Gasteiger partial charge in [0.1, 0.15) is 5.51 Å². The quantitative estimate of drug-likeness (QED) is 0.815. The number of hydrogen-bond acceptors (Lipinski definition) is 5. The van der Waals surface area contributed by atoms with Gasteiger partial charge in [0.15, 0.2) is 0 Å². The number of likely N-dealkylation sites (N-methyl/N-ethyl adjacent to an activating group) is 1. The van der Waals surface area contributed by atoms with Crippen LogP contribution >= 0.6 is 11.3 Å². The molecule has 1 aromatic heterocycles. The van der Waals surface area contributed by atoms with Crippen LogP contribution in [0.2, 0.25) is 0 Å². The fourth-order valence-electron chi connectivity index (χ4n) is 1.82. The van der Waals surface area contributed by atoms with Crippen LogP contribution in [0, 0.1) is 0 Å². The summed E-state index contributed by atoms with van der Waals surface area (Å²) < 4.78 is 0. The molecule has 0 amide bonds. The zero-order valence-electron chi connectivity index (χ0n) is 8.44. The molecule has 1 N–H and O–H groups in total. The molecule has 0 bridgehead atoms. The lowest BCUT2D eigenvalue weighted by Crippen LogP contribution is -2.42. The molecule has 5 heteroatoms. The van der Waals surface area contributed by atoms with Gasteiger partial charge in [-0.05, 0) is 19.4 Å². The van der Waals surface area contributed by atoms with E-state index in [1.807, 2.05) is 0 Å². The summed E-state index contributed by atoms with van der Waals surface area (Å²) in [4.78, 5) is 2.18. The maximum absolute atomic E-state index is 4.05. The molecule has 2 heterocycles. The first kappa shape index (κ1) is 9.86. The molecular formula is C9H16N4S. The van der Waals surface area contributed by atoms with Gasteiger partial charge in [0.25, 0.3) is 0 Å². The van der Waals surface area contributed by atoms with E-state index in [9.17, 15) is 0 Å². The van der Waals surface area contributed by atoms with Crippen molar-refractivity contribution in [2.75, 3.05) is 25.0 Å². The lowest BCUT2D eigenvalue weighted by Gasteiger charge is -2.27. The van der Waals surface area contributed by atoms with Crippen LogP contribution in [0.5, 0.6) is 0 Å². The van der Waals surface area contributed by atoms with Gasteiger partial charge in [-0.3, -0.25) is 0 Å². The maximum Gasteiger partial charge on any atom is 0.207 e. The molecule has 0 aliphatic carbocycles. The van der Waals surface area contributed by atoms with Crippen LogP contribution in [0.3, 0.4) is 0 Å². The number of anilines is 1. The number of aromatic nitrogens is 2. The van der Waals surface area contributed by atoms with E-state index < -0.39 is 0 Å². The van der Waals surface area contributed by atoms with Crippen molar-refractivity contribution >= 4 is 16.5 Å². The van der Waals surface area contributed by atoms with Crippen molar-refractivity contribution in [3.63, 3.8) is 0 Å². The van der Waals surface area contributed by atoms with Crippen LogP contribution in [-0.4, -0.2) is 36.4 Å². The monoisotopic (exact) mass is 212 g/mol. The highest BCUT2D eigenvalue weighted by atomic mass is 32.1. The molecule has 1 unspecified atom stereocenters. The molecule has 1 aromatic rings. The second-order valence-electron chi connectivity index (χ2n) is 3.75. The maximum atomic E-state index is 4.05. The summed E-state index contributed by atoms with van der Waals surface area (Å²) in [5, 5.41) is 12.4. The van der Waals surface area contributed by atoms with Gasteiger partial charge in [-0.1, -0.05) is 17.8 Å². The van der Waals surface area contributed by atoms with E-state index in [0.29, 0.717) is 6.04 Å². The number of rotatable bonds is 3. The van der Waals surface area contributed by atoms with Crippen molar-refractivity contribution in [2.24, 2.45) is 0 Å². The van der Waals surface area contributed by atoms with Crippen molar-refractivity contribution in [1.82, 2.24) is 15.5 Å². The molecule has 1 atom stereocenters. The summed E-state index contributed by atoms with van der Waals surface area (Å²) in [5.41, 5.74) is 1.78. The first-order valence-electron chi connectivity index (χ1n) is 5.07. The Labute approximate surface area is 88.3 Å². The third kappa shape index (κ3) is 2.42. The molecule has 0 aromatic carbocycles. The molecule has 14 heavy (non-hydrogen) atoms. The van der Waals surface area contributed by atoms with E-state index >= 15 is 0 Å². The topological polar surface area (TPSA) is 41.0 Å². The highest BCUT2D eigenvalue weighted by Gasteiger charge is 2.15. The van der Waals surface area contributed by atoms with Crippen molar-refractivity contribution in [3.05, 3.63) is 5.51 Å². The minimum absolute atomic E-state index is 0.623. The molecule has 1 fully saturated rings. The molecule has 78 valence electrons. The standard InChI is InChI=1S/C9H16N4S/c1-13(9-12-11-7-14-9)6-8-4-2-3-5-10-8/h7-8,10H,2-6H2,1H3. The first-order valence-corrected chi connectivity index (χ1v) is 5.95. The molecule has 4 nitrogen and oxygen atoms in total. The Morgan fingerprint density at radius 3 is 3.21 bits per heavy atom. The van der Waals surface area contributed by atoms with Gasteiger partial charge in [0.05, 0.1) is 0 Å². The summed E-state index contributed by atoms with van der Waals surface area (Å²) in [7, 11) is 2.08. The van der Waals surface area contributed by atoms with Crippen molar-refractivity contribution in [1.29, 1.82) is 0 Å². The fraction of sp³-hybridized carbons (Fsp3) is 0.778. The third-order valence-corrected chi connectivity index (χ3v) is 3.39. The second-order valence-corrected chi connectivity index (χ2v) is 4.56. The van der Waals surface area contributed by atoms with E-state index in [2.05, 4.69) is 27.5 Å². The van der Waals surface area contributed by atoms with Gasteiger partial charge in [-0.2, -0.15) is 0 Å². The molecule has 1 saturated heterocycles. The van der Waals surface area contributed by atoms with Crippen LogP contribution in [0.1, 0.15) is 19.3 Å². The van der Waals surface area contributed by atoms with Crippen LogP contribution < -0.4 is 10.2 Å². The lowest BCUT2D eigenvalue weighted by atomic mass is 10.1. The van der Waals surface area contributed by atoms with Crippen molar-refractivity contribution in [2.45, 2.75) is 25.3 Å². The molecular weight excluding hydrogens is 196 g/mol. The number of piperidine rings is 1. The predicted molar refractivity (Wildman–Crippen MR) is 58.8 cm³/mol. The highest BCUT2D eigenvalue weighted by Crippen LogP contribution is 2.15. The van der Waals surface area contributed by atoms with E-state index in [4.69, 9.17) is 0 Å². The molecule has 2 rings (SSSR count). The minimum atomic E-state index is 0.623. The minimum Gasteiger partial charge on any atom is -0.348 e. The SMILES string of the molecule is CN(CC1CCCCN1)c1nncs1. The van der Waals surface area contributed by atoms with Crippen LogP contribution in [0.15, 0.2) is 5.51 Å². The predicted octanol–water partition coefficient (Wildman–Crippen LogP) is 1.12. The summed E-state index contributed by atoms with van der Waals surface area (Å²) in [6.45, 7) is 2.20. The summed E-state index contributed by atoms with van der Waals surface area (Å²) >= 11 is 1.60. The summed E-state index contributed by atoms with van der Waals surface area (Å²) in [5.74, 6) is 0. The van der Waals surface area contributed by atoms with Crippen LogP contribution in [0.4, 0.5) is 5.13 Å². The Kier molecular flexibility index (Phi) is 3.31. The van der Waals surface area contributed by atoms with Gasteiger partial charge in [0, 0.05) is 19.6 Å². The Morgan fingerprint density at radius 1 is 1.64 bits per heavy atom. The molecule has 1 aliphatic heterocycles. The average Bonchev–Trinajstić information content (AvgIpc) is 2.72. The molecule has 0 radical (unpaired) electrons. The first-order chi connectivity index (χ1) is 6.86. The van der Waals surface area contributed by atoms with Crippen LogP contribution in [-0.2, 0) is 0 Å². The van der Waals surface area contributed by atoms with Gasteiger partial charge in [0.2, 0.25) is 5.13 Å². The molecule has 1 aliphatic rings. The van der Waals surface area contributed by atoms with Gasteiger partial charge >= 0.3 is 0 Å². The molecule has 0 spiro atoms. The Morgan fingerprint density at radius 2 is 2.57 bits per heavy atom. The number of hydrogen-bond donors (Lipinski definition) is 1.